The van der Waals surface area contributed by atoms with Gasteiger partial charge in [-0.15, -0.1) is 11.6 Å². The van der Waals surface area contributed by atoms with E-state index < -0.39 is 0 Å². The smallest absolute Gasteiger partial charge is 0.223 e. The van der Waals surface area contributed by atoms with E-state index in [4.69, 9.17) is 11.6 Å². The monoisotopic (exact) mass is 216 g/mol. The number of carbonyl (C=O) groups excluding carboxylic acids is 1. The molecule has 0 aliphatic rings. The van der Waals surface area contributed by atoms with Crippen molar-refractivity contribution in [1.82, 2.24) is 20.1 Å². The van der Waals surface area contributed by atoms with Crippen LogP contribution in [-0.2, 0) is 11.3 Å². The highest BCUT2D eigenvalue weighted by molar-refractivity contribution is 6.18. The van der Waals surface area contributed by atoms with E-state index in [1.807, 2.05) is 6.92 Å². The molecule has 0 aliphatic heterocycles. The SMILES string of the molecule is Cc1nc(CN(C)C(=O)CCCl)n[nH]1. The topological polar surface area (TPSA) is 61.9 Å². The lowest BCUT2D eigenvalue weighted by Gasteiger charge is -2.13. The summed E-state index contributed by atoms with van der Waals surface area (Å²) in [5.41, 5.74) is 0. The van der Waals surface area contributed by atoms with Crippen LogP contribution < -0.4 is 0 Å². The van der Waals surface area contributed by atoms with Gasteiger partial charge in [-0.25, -0.2) is 4.98 Å². The number of hydrogen-bond donors (Lipinski definition) is 1. The number of nitrogens with one attached hydrogen (secondary N) is 1. The Kier molecular flexibility index (Phi) is 3.88. The molecule has 78 valence electrons. The summed E-state index contributed by atoms with van der Waals surface area (Å²) in [7, 11) is 1.71. The third-order valence-electron chi connectivity index (χ3n) is 1.76. The third kappa shape index (κ3) is 2.99. The molecule has 0 bridgehead atoms. The second-order valence-corrected chi connectivity index (χ2v) is 3.40. The van der Waals surface area contributed by atoms with Gasteiger partial charge in [0.15, 0.2) is 5.82 Å². The van der Waals surface area contributed by atoms with Gasteiger partial charge in [-0.3, -0.25) is 9.89 Å². The molecular weight excluding hydrogens is 204 g/mol. The van der Waals surface area contributed by atoms with E-state index in [2.05, 4.69) is 15.2 Å². The second kappa shape index (κ2) is 4.95. The van der Waals surface area contributed by atoms with Crippen LogP contribution in [-0.4, -0.2) is 38.9 Å². The Morgan fingerprint density at radius 2 is 2.36 bits per heavy atom. The van der Waals surface area contributed by atoms with Crippen LogP contribution in [0.4, 0.5) is 0 Å². The summed E-state index contributed by atoms with van der Waals surface area (Å²) in [6.07, 6.45) is 0.349. The molecule has 0 saturated carbocycles. The van der Waals surface area contributed by atoms with Crippen molar-refractivity contribution in [3.63, 3.8) is 0 Å². The number of H-pyrrole nitrogens is 1. The first-order chi connectivity index (χ1) is 6.63. The minimum absolute atomic E-state index is 0.00227. The highest BCUT2D eigenvalue weighted by atomic mass is 35.5. The number of rotatable bonds is 4. The number of aromatic amines is 1. The minimum Gasteiger partial charge on any atom is -0.338 e. The van der Waals surface area contributed by atoms with Crippen LogP contribution in [0.25, 0.3) is 0 Å². The first kappa shape index (κ1) is 11.0. The van der Waals surface area contributed by atoms with Crippen molar-refractivity contribution in [2.24, 2.45) is 0 Å². The molecule has 5 nitrogen and oxygen atoms in total. The minimum atomic E-state index is 0.00227. The lowest BCUT2D eigenvalue weighted by atomic mass is 10.4. The van der Waals surface area contributed by atoms with E-state index in [0.717, 1.165) is 5.82 Å². The van der Waals surface area contributed by atoms with Crippen molar-refractivity contribution in [3.05, 3.63) is 11.6 Å². The Morgan fingerprint density at radius 1 is 1.64 bits per heavy atom. The number of hydrogen-bond acceptors (Lipinski definition) is 3. The lowest BCUT2D eigenvalue weighted by Crippen LogP contribution is -2.26. The van der Waals surface area contributed by atoms with Crippen LogP contribution in [0, 0.1) is 6.92 Å². The van der Waals surface area contributed by atoms with Crippen molar-refractivity contribution in [2.75, 3.05) is 12.9 Å². The zero-order chi connectivity index (χ0) is 10.6. The number of carbonyl (C=O) groups is 1. The van der Waals surface area contributed by atoms with Gasteiger partial charge in [0, 0.05) is 19.3 Å². The molecule has 1 rings (SSSR count). The highest BCUT2D eigenvalue weighted by Crippen LogP contribution is 1.99. The maximum absolute atomic E-state index is 11.3. The van der Waals surface area contributed by atoms with E-state index in [9.17, 15) is 4.79 Å². The normalized spacial score (nSPS) is 10.2. The van der Waals surface area contributed by atoms with Crippen LogP contribution in [0.1, 0.15) is 18.1 Å². The fourth-order valence-corrected chi connectivity index (χ4v) is 1.19. The van der Waals surface area contributed by atoms with Gasteiger partial charge in [0.2, 0.25) is 5.91 Å². The summed E-state index contributed by atoms with van der Waals surface area (Å²) in [6.45, 7) is 2.23. The summed E-state index contributed by atoms with van der Waals surface area (Å²) >= 11 is 5.46. The van der Waals surface area contributed by atoms with Gasteiger partial charge in [0.25, 0.3) is 0 Å². The molecule has 0 fully saturated rings. The average molecular weight is 217 g/mol. The van der Waals surface area contributed by atoms with Crippen LogP contribution in [0.5, 0.6) is 0 Å². The van der Waals surface area contributed by atoms with Gasteiger partial charge in [-0.1, -0.05) is 0 Å². The molecular formula is C8H13ClN4O. The summed E-state index contributed by atoms with van der Waals surface area (Å²) in [4.78, 5) is 17.0. The van der Waals surface area contributed by atoms with Gasteiger partial charge in [0.1, 0.15) is 5.82 Å². The van der Waals surface area contributed by atoms with E-state index in [1.54, 1.807) is 11.9 Å². The van der Waals surface area contributed by atoms with Crippen molar-refractivity contribution >= 4 is 17.5 Å². The maximum atomic E-state index is 11.3. The predicted molar refractivity (Wildman–Crippen MR) is 52.9 cm³/mol. The first-order valence-corrected chi connectivity index (χ1v) is 4.84. The highest BCUT2D eigenvalue weighted by Gasteiger charge is 2.10. The molecule has 0 radical (unpaired) electrons. The van der Waals surface area contributed by atoms with Gasteiger partial charge in [-0.05, 0) is 6.92 Å². The number of amides is 1. The average Bonchev–Trinajstić information content (AvgIpc) is 2.51. The van der Waals surface area contributed by atoms with E-state index in [-0.39, 0.29) is 5.91 Å². The molecule has 6 heteroatoms. The number of nitrogens with zero attached hydrogens (tertiary/aromatic N) is 3. The van der Waals surface area contributed by atoms with Crippen molar-refractivity contribution in [2.45, 2.75) is 19.9 Å². The van der Waals surface area contributed by atoms with Gasteiger partial charge in [0.05, 0.1) is 6.54 Å². The fourth-order valence-electron chi connectivity index (χ4n) is 1.03. The fraction of sp³-hybridized carbons (Fsp3) is 0.625. The summed E-state index contributed by atoms with van der Waals surface area (Å²) < 4.78 is 0. The van der Waals surface area contributed by atoms with Gasteiger partial charge >= 0.3 is 0 Å². The van der Waals surface area contributed by atoms with E-state index >= 15 is 0 Å². The van der Waals surface area contributed by atoms with Crippen molar-refractivity contribution < 1.29 is 4.79 Å². The molecule has 1 aromatic heterocycles. The van der Waals surface area contributed by atoms with E-state index in [1.165, 1.54) is 0 Å². The first-order valence-electron chi connectivity index (χ1n) is 4.31. The molecule has 0 spiro atoms. The molecule has 1 heterocycles. The van der Waals surface area contributed by atoms with Gasteiger partial charge in [-0.2, -0.15) is 5.10 Å². The number of aryl methyl sites for hydroxylation is 1. The molecule has 1 aromatic rings. The number of aromatic nitrogens is 3. The molecule has 0 saturated heterocycles. The van der Waals surface area contributed by atoms with Crippen molar-refractivity contribution in [1.29, 1.82) is 0 Å². The second-order valence-electron chi connectivity index (χ2n) is 3.03. The summed E-state index contributed by atoms with van der Waals surface area (Å²) in [5.74, 6) is 1.71. The van der Waals surface area contributed by atoms with Crippen molar-refractivity contribution in [3.8, 4) is 0 Å². The number of halogens is 1. The molecule has 0 aromatic carbocycles. The molecule has 1 amide bonds. The van der Waals surface area contributed by atoms with Crippen LogP contribution in [0.3, 0.4) is 0 Å². The summed E-state index contributed by atoms with van der Waals surface area (Å²) in [5, 5.41) is 6.66. The quantitative estimate of drug-likeness (QED) is 0.754. The van der Waals surface area contributed by atoms with Crippen LogP contribution in [0.2, 0.25) is 0 Å². The third-order valence-corrected chi connectivity index (χ3v) is 1.95. The molecule has 1 N–H and O–H groups in total. The summed E-state index contributed by atoms with van der Waals surface area (Å²) in [6, 6.07) is 0. The Balaban J connectivity index is 2.48. The molecule has 0 atom stereocenters. The van der Waals surface area contributed by atoms with Crippen LogP contribution >= 0.6 is 11.6 Å². The molecule has 0 unspecified atom stereocenters. The lowest BCUT2D eigenvalue weighted by molar-refractivity contribution is -0.130. The molecule has 14 heavy (non-hydrogen) atoms. The largest absolute Gasteiger partial charge is 0.338 e. The van der Waals surface area contributed by atoms with Crippen LogP contribution in [0.15, 0.2) is 0 Å². The van der Waals surface area contributed by atoms with Gasteiger partial charge < -0.3 is 4.90 Å². The molecule has 0 aliphatic carbocycles. The maximum Gasteiger partial charge on any atom is 0.223 e. The predicted octanol–water partition coefficient (Wildman–Crippen LogP) is 0.700. The Morgan fingerprint density at radius 3 is 2.86 bits per heavy atom. The zero-order valence-corrected chi connectivity index (χ0v) is 9.01. The zero-order valence-electron chi connectivity index (χ0n) is 8.25. The standard InChI is InChI=1S/C8H13ClN4O/c1-6-10-7(12-11-6)5-13(2)8(14)3-4-9/h3-5H2,1-2H3,(H,10,11,12). The Labute approximate surface area is 87.5 Å². The van der Waals surface area contributed by atoms with E-state index in [0.29, 0.717) is 24.7 Å². The Hall–Kier alpha value is -1.10. The Bertz CT molecular complexity index is 312. The number of alkyl halides is 1.